The molecule has 0 N–H and O–H groups in total. The van der Waals surface area contributed by atoms with Gasteiger partial charge in [-0.25, -0.2) is 4.98 Å². The summed E-state index contributed by atoms with van der Waals surface area (Å²) in [5.41, 5.74) is 1.37. The van der Waals surface area contributed by atoms with E-state index in [9.17, 15) is 4.79 Å². The number of aryl methyl sites for hydroxylation is 1. The van der Waals surface area contributed by atoms with Crippen molar-refractivity contribution in [2.24, 2.45) is 0 Å². The Morgan fingerprint density at radius 1 is 1.24 bits per heavy atom. The second-order valence-corrected chi connectivity index (χ2v) is 4.45. The molecule has 2 heterocycles. The average Bonchev–Trinajstić information content (AvgIpc) is 2.28. The van der Waals surface area contributed by atoms with Crippen LogP contribution in [0.2, 0.25) is 10.2 Å². The van der Waals surface area contributed by atoms with Gasteiger partial charge in [-0.15, -0.1) is 0 Å². The minimum absolute atomic E-state index is 0.0807. The quantitative estimate of drug-likeness (QED) is 0.786. The Balaban J connectivity index is 2.45. The van der Waals surface area contributed by atoms with Crippen molar-refractivity contribution in [1.29, 1.82) is 0 Å². The summed E-state index contributed by atoms with van der Waals surface area (Å²) in [6.45, 7) is 2.19. The van der Waals surface area contributed by atoms with Gasteiger partial charge in [0.05, 0.1) is 17.3 Å². The summed E-state index contributed by atoms with van der Waals surface area (Å²) in [7, 11) is 0. The Labute approximate surface area is 109 Å². The molecular weight excluding hydrogens is 259 g/mol. The Morgan fingerprint density at radius 2 is 2.00 bits per heavy atom. The molecule has 2 rings (SSSR count). The zero-order valence-corrected chi connectivity index (χ0v) is 10.7. The molecule has 0 atom stereocenters. The molecule has 0 aromatic carbocycles. The van der Waals surface area contributed by atoms with Gasteiger partial charge in [0.25, 0.3) is 5.56 Å². The average molecular weight is 269 g/mol. The van der Waals surface area contributed by atoms with Crippen LogP contribution in [-0.2, 0) is 6.54 Å². The monoisotopic (exact) mass is 268 g/mol. The fraction of sp³-hybridized carbons (Fsp3) is 0.167. The van der Waals surface area contributed by atoms with Crippen LogP contribution in [0.5, 0.6) is 0 Å². The van der Waals surface area contributed by atoms with Crippen molar-refractivity contribution < 1.29 is 0 Å². The van der Waals surface area contributed by atoms with E-state index < -0.39 is 0 Å². The maximum absolute atomic E-state index is 11.7. The Morgan fingerprint density at radius 3 is 2.71 bits per heavy atom. The van der Waals surface area contributed by atoms with E-state index in [2.05, 4.69) is 4.98 Å². The molecular formula is C12H10Cl2N2O. The molecule has 88 valence electrons. The van der Waals surface area contributed by atoms with Crippen molar-refractivity contribution >= 4 is 23.2 Å². The fourth-order valence-corrected chi connectivity index (χ4v) is 1.87. The van der Waals surface area contributed by atoms with Crippen molar-refractivity contribution in [2.75, 3.05) is 0 Å². The third kappa shape index (κ3) is 2.68. The first-order chi connectivity index (χ1) is 8.08. The van der Waals surface area contributed by atoms with Gasteiger partial charge in [0.1, 0.15) is 5.15 Å². The Hall–Kier alpha value is -1.32. The Bertz CT molecular complexity index is 608. The summed E-state index contributed by atoms with van der Waals surface area (Å²) in [4.78, 5) is 15.8. The highest BCUT2D eigenvalue weighted by molar-refractivity contribution is 6.32. The number of halogens is 2. The first-order valence-electron chi connectivity index (χ1n) is 5.05. The van der Waals surface area contributed by atoms with Crippen LogP contribution in [0.4, 0.5) is 0 Å². The lowest BCUT2D eigenvalue weighted by Gasteiger charge is -2.10. The maximum Gasteiger partial charge on any atom is 0.251 e. The standard InChI is InChI=1S/C12H10Cl2N2O/c1-8-3-2-4-12(17)16(8)7-10-9(13)5-6-11(14)15-10/h2-6H,7H2,1H3. The van der Waals surface area contributed by atoms with Gasteiger partial charge in [-0.3, -0.25) is 4.79 Å². The predicted molar refractivity (Wildman–Crippen MR) is 68.8 cm³/mol. The van der Waals surface area contributed by atoms with Gasteiger partial charge < -0.3 is 4.57 Å². The van der Waals surface area contributed by atoms with E-state index in [1.54, 1.807) is 22.8 Å². The van der Waals surface area contributed by atoms with Crippen LogP contribution in [0.3, 0.4) is 0 Å². The summed E-state index contributed by atoms with van der Waals surface area (Å²) in [5, 5.41) is 0.871. The zero-order valence-electron chi connectivity index (χ0n) is 9.15. The molecule has 17 heavy (non-hydrogen) atoms. The van der Waals surface area contributed by atoms with E-state index in [1.807, 2.05) is 13.0 Å². The lowest BCUT2D eigenvalue weighted by atomic mass is 10.3. The van der Waals surface area contributed by atoms with E-state index in [0.29, 0.717) is 22.4 Å². The maximum atomic E-state index is 11.7. The molecule has 2 aromatic rings. The summed E-state index contributed by atoms with van der Waals surface area (Å²) in [5.74, 6) is 0. The van der Waals surface area contributed by atoms with Gasteiger partial charge in [0, 0.05) is 11.8 Å². The predicted octanol–water partition coefficient (Wildman–Crippen LogP) is 2.91. The van der Waals surface area contributed by atoms with Crippen LogP contribution >= 0.6 is 23.2 Å². The molecule has 0 amide bonds. The molecule has 0 bridgehead atoms. The molecule has 0 aliphatic carbocycles. The lowest BCUT2D eigenvalue weighted by molar-refractivity contribution is 0.713. The largest absolute Gasteiger partial charge is 0.307 e. The van der Waals surface area contributed by atoms with E-state index in [-0.39, 0.29) is 5.56 Å². The van der Waals surface area contributed by atoms with Crippen molar-refractivity contribution in [3.63, 3.8) is 0 Å². The summed E-state index contributed by atoms with van der Waals surface area (Å²) in [6.07, 6.45) is 0. The second kappa shape index (κ2) is 4.90. The van der Waals surface area contributed by atoms with Crippen molar-refractivity contribution in [3.05, 3.63) is 62.2 Å². The first kappa shape index (κ1) is 12.1. The molecule has 0 radical (unpaired) electrons. The minimum atomic E-state index is -0.0807. The van der Waals surface area contributed by atoms with Gasteiger partial charge in [0.2, 0.25) is 0 Å². The van der Waals surface area contributed by atoms with Crippen molar-refractivity contribution in [2.45, 2.75) is 13.5 Å². The smallest absolute Gasteiger partial charge is 0.251 e. The van der Waals surface area contributed by atoms with Crippen molar-refractivity contribution in [1.82, 2.24) is 9.55 Å². The van der Waals surface area contributed by atoms with Gasteiger partial charge in [-0.05, 0) is 25.1 Å². The molecule has 2 aromatic heterocycles. The summed E-state index contributed by atoms with van der Waals surface area (Å²) < 4.78 is 1.60. The minimum Gasteiger partial charge on any atom is -0.307 e. The highest BCUT2D eigenvalue weighted by Gasteiger charge is 2.06. The Kier molecular flexibility index (Phi) is 3.50. The molecule has 0 fully saturated rings. The molecule has 0 unspecified atom stereocenters. The van der Waals surface area contributed by atoms with Crippen molar-refractivity contribution in [3.8, 4) is 0 Å². The third-order valence-electron chi connectivity index (χ3n) is 2.46. The third-order valence-corrected chi connectivity index (χ3v) is 3.02. The van der Waals surface area contributed by atoms with Crippen LogP contribution in [0.15, 0.2) is 35.1 Å². The number of hydrogen-bond donors (Lipinski definition) is 0. The number of pyridine rings is 2. The first-order valence-corrected chi connectivity index (χ1v) is 5.81. The van der Waals surface area contributed by atoms with Crippen LogP contribution in [0.1, 0.15) is 11.4 Å². The van der Waals surface area contributed by atoms with Crippen LogP contribution in [0, 0.1) is 6.92 Å². The highest BCUT2D eigenvalue weighted by Crippen LogP contribution is 2.17. The number of nitrogens with zero attached hydrogens (tertiary/aromatic N) is 2. The lowest BCUT2D eigenvalue weighted by Crippen LogP contribution is -2.22. The number of hydrogen-bond acceptors (Lipinski definition) is 2. The van der Waals surface area contributed by atoms with Gasteiger partial charge in [-0.2, -0.15) is 0 Å². The van der Waals surface area contributed by atoms with Crippen LogP contribution in [-0.4, -0.2) is 9.55 Å². The molecule has 0 aliphatic heterocycles. The van der Waals surface area contributed by atoms with E-state index >= 15 is 0 Å². The second-order valence-electron chi connectivity index (χ2n) is 3.65. The van der Waals surface area contributed by atoms with Crippen LogP contribution < -0.4 is 5.56 Å². The molecule has 0 aliphatic rings. The van der Waals surface area contributed by atoms with E-state index in [0.717, 1.165) is 5.69 Å². The number of rotatable bonds is 2. The molecule has 0 spiro atoms. The summed E-state index contributed by atoms with van der Waals surface area (Å²) in [6, 6.07) is 8.38. The van der Waals surface area contributed by atoms with Gasteiger partial charge in [-0.1, -0.05) is 29.3 Å². The van der Waals surface area contributed by atoms with Gasteiger partial charge in [0.15, 0.2) is 0 Å². The number of aromatic nitrogens is 2. The SMILES string of the molecule is Cc1cccc(=O)n1Cc1nc(Cl)ccc1Cl. The van der Waals surface area contributed by atoms with Crippen LogP contribution in [0.25, 0.3) is 0 Å². The molecule has 0 saturated carbocycles. The van der Waals surface area contributed by atoms with E-state index in [1.165, 1.54) is 6.07 Å². The molecule has 0 saturated heterocycles. The summed E-state index contributed by atoms with van der Waals surface area (Å²) >= 11 is 11.8. The van der Waals surface area contributed by atoms with Gasteiger partial charge >= 0.3 is 0 Å². The molecule has 5 heteroatoms. The zero-order chi connectivity index (χ0) is 12.4. The highest BCUT2D eigenvalue weighted by atomic mass is 35.5. The normalized spacial score (nSPS) is 10.5. The fourth-order valence-electron chi connectivity index (χ4n) is 1.54. The topological polar surface area (TPSA) is 34.9 Å². The van der Waals surface area contributed by atoms with E-state index in [4.69, 9.17) is 23.2 Å². The molecule has 3 nitrogen and oxygen atoms in total.